The number of rotatable bonds is 4. The van der Waals surface area contributed by atoms with Gasteiger partial charge in [0, 0.05) is 10.6 Å². The van der Waals surface area contributed by atoms with Crippen molar-refractivity contribution in [1.29, 1.82) is 0 Å². The molecule has 4 N–H and O–H groups in total. The molecule has 7 nitrogen and oxygen atoms in total. The van der Waals surface area contributed by atoms with E-state index < -0.39 is 11.7 Å². The van der Waals surface area contributed by atoms with Crippen molar-refractivity contribution in [3.63, 3.8) is 0 Å². The van der Waals surface area contributed by atoms with Gasteiger partial charge in [-0.15, -0.1) is 5.10 Å². The largest absolute Gasteiger partial charge is 0.382 e. The van der Waals surface area contributed by atoms with Crippen molar-refractivity contribution in [1.82, 2.24) is 15.4 Å². The molecule has 0 saturated heterocycles. The fraction of sp³-hybridized carbons (Fsp3) is 0.0588. The SMILES string of the molecule is Cc1cc(Cl)c(C(=O)c2ccc(Cl)cc2)c(Cl)c1NC(=O)c1nn[nH]c1N. The number of nitrogens with two attached hydrogens (primary N) is 1. The zero-order valence-electron chi connectivity index (χ0n) is 13.8. The van der Waals surface area contributed by atoms with Crippen molar-refractivity contribution < 1.29 is 9.59 Å². The number of amides is 1. The first-order valence-electron chi connectivity index (χ1n) is 7.56. The Hall–Kier alpha value is -2.61. The first kappa shape index (κ1) is 19.2. The van der Waals surface area contributed by atoms with Crippen molar-refractivity contribution in [2.45, 2.75) is 6.92 Å². The quantitative estimate of drug-likeness (QED) is 0.545. The number of aromatic nitrogens is 3. The summed E-state index contributed by atoms with van der Waals surface area (Å²) in [5, 5.41) is 12.7. The number of hydrogen-bond acceptors (Lipinski definition) is 5. The molecule has 0 aliphatic carbocycles. The number of nitrogens with one attached hydrogen (secondary N) is 2. The standard InChI is InChI=1S/C17H12Cl3N5O2/c1-7-6-10(19)11(15(26)8-2-4-9(18)5-3-8)12(20)13(7)22-17(27)14-16(21)24-25-23-14/h2-6H,1H3,(H,22,27)(H3,21,23,24,25). The molecule has 0 saturated carbocycles. The van der Waals surface area contributed by atoms with Crippen LogP contribution in [0.15, 0.2) is 30.3 Å². The third kappa shape index (κ3) is 3.75. The number of nitrogens with zero attached hydrogens (tertiary/aromatic N) is 2. The van der Waals surface area contributed by atoms with Gasteiger partial charge in [-0.1, -0.05) is 40.0 Å². The lowest BCUT2D eigenvalue weighted by Gasteiger charge is -2.15. The van der Waals surface area contributed by atoms with E-state index in [0.29, 0.717) is 16.1 Å². The summed E-state index contributed by atoms with van der Waals surface area (Å²) in [5.41, 5.74) is 6.72. The Balaban J connectivity index is 2.03. The normalized spacial score (nSPS) is 10.7. The molecule has 0 atom stereocenters. The fourth-order valence-electron chi connectivity index (χ4n) is 2.42. The van der Waals surface area contributed by atoms with Crippen LogP contribution in [0.2, 0.25) is 15.1 Å². The van der Waals surface area contributed by atoms with Gasteiger partial charge in [0.1, 0.15) is 0 Å². The first-order chi connectivity index (χ1) is 12.8. The number of nitrogen functional groups attached to an aromatic ring is 1. The molecule has 0 spiro atoms. The highest BCUT2D eigenvalue weighted by atomic mass is 35.5. The maximum Gasteiger partial charge on any atom is 0.280 e. The molecule has 0 aliphatic heterocycles. The summed E-state index contributed by atoms with van der Waals surface area (Å²) in [6.45, 7) is 1.69. The van der Waals surface area contributed by atoms with E-state index in [0.717, 1.165) is 0 Å². The summed E-state index contributed by atoms with van der Waals surface area (Å²) < 4.78 is 0. The molecule has 1 heterocycles. The molecule has 0 radical (unpaired) electrons. The molecule has 0 bridgehead atoms. The van der Waals surface area contributed by atoms with Crippen molar-refractivity contribution in [2.24, 2.45) is 0 Å². The molecule has 0 aliphatic rings. The predicted octanol–water partition coefficient (Wildman–Crippen LogP) is 4.14. The number of hydrogen-bond donors (Lipinski definition) is 3. The Morgan fingerprint density at radius 1 is 1.15 bits per heavy atom. The molecule has 27 heavy (non-hydrogen) atoms. The van der Waals surface area contributed by atoms with E-state index in [2.05, 4.69) is 20.7 Å². The predicted molar refractivity (Wildman–Crippen MR) is 105 cm³/mol. The molecule has 2 aromatic carbocycles. The van der Waals surface area contributed by atoms with Crippen LogP contribution >= 0.6 is 34.8 Å². The third-order valence-electron chi connectivity index (χ3n) is 3.78. The van der Waals surface area contributed by atoms with Crippen LogP contribution in [-0.2, 0) is 0 Å². The summed E-state index contributed by atoms with van der Waals surface area (Å²) in [5.74, 6) is -1.02. The van der Waals surface area contributed by atoms with Gasteiger partial charge in [0.05, 0.1) is 21.3 Å². The highest BCUT2D eigenvalue weighted by molar-refractivity contribution is 6.43. The monoisotopic (exact) mass is 423 g/mol. The number of anilines is 2. The number of carbonyl (C=O) groups is 2. The maximum atomic E-state index is 12.9. The number of H-pyrrole nitrogens is 1. The molecular formula is C17H12Cl3N5O2. The van der Waals surface area contributed by atoms with Crippen molar-refractivity contribution in [2.75, 3.05) is 11.1 Å². The van der Waals surface area contributed by atoms with E-state index in [4.69, 9.17) is 40.5 Å². The maximum absolute atomic E-state index is 12.9. The summed E-state index contributed by atoms with van der Waals surface area (Å²) in [4.78, 5) is 25.2. The Labute approximate surface area is 168 Å². The molecule has 0 fully saturated rings. The summed E-state index contributed by atoms with van der Waals surface area (Å²) >= 11 is 18.5. The van der Waals surface area contributed by atoms with Crippen LogP contribution in [-0.4, -0.2) is 27.1 Å². The highest BCUT2D eigenvalue weighted by Crippen LogP contribution is 2.36. The topological polar surface area (TPSA) is 114 Å². The second kappa shape index (κ2) is 7.56. The van der Waals surface area contributed by atoms with E-state index in [-0.39, 0.29) is 32.8 Å². The van der Waals surface area contributed by atoms with Gasteiger partial charge in [0.25, 0.3) is 5.91 Å². The second-order valence-corrected chi connectivity index (χ2v) is 6.83. The Kier molecular flexibility index (Phi) is 5.36. The molecule has 1 amide bonds. The Morgan fingerprint density at radius 2 is 1.81 bits per heavy atom. The number of aryl methyl sites for hydroxylation is 1. The average Bonchev–Trinajstić information content (AvgIpc) is 3.05. The zero-order chi connectivity index (χ0) is 19.7. The summed E-state index contributed by atoms with van der Waals surface area (Å²) in [6.07, 6.45) is 0. The van der Waals surface area contributed by atoms with E-state index in [9.17, 15) is 9.59 Å². The van der Waals surface area contributed by atoms with E-state index in [1.165, 1.54) is 0 Å². The minimum atomic E-state index is -0.626. The molecular weight excluding hydrogens is 413 g/mol. The van der Waals surface area contributed by atoms with Gasteiger partial charge in [0.15, 0.2) is 17.3 Å². The molecule has 0 unspecified atom stereocenters. The summed E-state index contributed by atoms with van der Waals surface area (Å²) in [6, 6.07) is 7.83. The molecule has 138 valence electrons. The fourth-order valence-corrected chi connectivity index (χ4v) is 3.32. The van der Waals surface area contributed by atoms with Crippen LogP contribution < -0.4 is 11.1 Å². The molecule has 3 aromatic rings. The van der Waals surface area contributed by atoms with E-state index >= 15 is 0 Å². The Bertz CT molecular complexity index is 1050. The van der Waals surface area contributed by atoms with Crippen LogP contribution in [0.4, 0.5) is 11.5 Å². The second-order valence-electron chi connectivity index (χ2n) is 5.60. The average molecular weight is 425 g/mol. The third-order valence-corrected chi connectivity index (χ3v) is 4.71. The van der Waals surface area contributed by atoms with Crippen molar-refractivity contribution in [3.8, 4) is 0 Å². The lowest BCUT2D eigenvalue weighted by atomic mass is 10.0. The lowest BCUT2D eigenvalue weighted by Crippen LogP contribution is -2.16. The van der Waals surface area contributed by atoms with Crippen molar-refractivity contribution >= 4 is 58.0 Å². The van der Waals surface area contributed by atoms with Gasteiger partial charge in [-0.2, -0.15) is 0 Å². The van der Waals surface area contributed by atoms with Crippen LogP contribution in [0, 0.1) is 6.92 Å². The number of halogens is 3. The number of ketones is 1. The minimum absolute atomic E-state index is 0.00713. The van der Waals surface area contributed by atoms with Gasteiger partial charge in [-0.3, -0.25) is 9.59 Å². The highest BCUT2D eigenvalue weighted by Gasteiger charge is 2.23. The van der Waals surface area contributed by atoms with Crippen LogP contribution in [0.3, 0.4) is 0 Å². The zero-order valence-corrected chi connectivity index (χ0v) is 16.1. The number of benzene rings is 2. The van der Waals surface area contributed by atoms with Gasteiger partial charge in [0.2, 0.25) is 0 Å². The smallest absolute Gasteiger partial charge is 0.280 e. The van der Waals surface area contributed by atoms with Gasteiger partial charge in [-0.25, -0.2) is 5.10 Å². The molecule has 3 rings (SSSR count). The first-order valence-corrected chi connectivity index (χ1v) is 8.69. The van der Waals surface area contributed by atoms with Crippen molar-refractivity contribution in [3.05, 3.63) is 67.8 Å². The number of aromatic amines is 1. The van der Waals surface area contributed by atoms with Gasteiger partial charge >= 0.3 is 0 Å². The van der Waals surface area contributed by atoms with Gasteiger partial charge < -0.3 is 11.1 Å². The van der Waals surface area contributed by atoms with Crippen LogP contribution in [0.5, 0.6) is 0 Å². The number of carbonyl (C=O) groups excluding carboxylic acids is 2. The molecule has 1 aromatic heterocycles. The van der Waals surface area contributed by atoms with E-state index in [1.54, 1.807) is 37.3 Å². The Morgan fingerprint density at radius 3 is 2.41 bits per heavy atom. The van der Waals surface area contributed by atoms with E-state index in [1.807, 2.05) is 0 Å². The summed E-state index contributed by atoms with van der Waals surface area (Å²) in [7, 11) is 0. The lowest BCUT2D eigenvalue weighted by molar-refractivity contribution is 0.101. The molecule has 10 heteroatoms. The van der Waals surface area contributed by atoms with Crippen LogP contribution in [0.1, 0.15) is 32.0 Å². The van der Waals surface area contributed by atoms with Crippen LogP contribution in [0.25, 0.3) is 0 Å². The minimum Gasteiger partial charge on any atom is -0.382 e. The van der Waals surface area contributed by atoms with Gasteiger partial charge in [-0.05, 0) is 42.8 Å².